The molecule has 0 unspecified atom stereocenters. The quantitative estimate of drug-likeness (QED) is 0.227. The molecule has 0 spiro atoms. The third-order valence-corrected chi connectivity index (χ3v) is 0. The first-order chi connectivity index (χ1) is 3.45. The molecule has 0 fully saturated rings. The van der Waals surface area contributed by atoms with Gasteiger partial charge in [0.05, 0.1) is 0 Å². The molecule has 10 heavy (non-hydrogen) atoms. The van der Waals surface area contributed by atoms with Crippen molar-refractivity contribution >= 4 is 7.81 Å². The minimum Gasteiger partial charge on any atom is 1.00 e. The van der Waals surface area contributed by atoms with Crippen LogP contribution < -0.4 is 18.9 Å². The summed E-state index contributed by atoms with van der Waals surface area (Å²) in [4.78, 5) is 0. The second-order valence-corrected chi connectivity index (χ2v) is 2.87. The van der Waals surface area contributed by atoms with Crippen LogP contribution in [-0.2, 0) is 0 Å². The second kappa shape index (κ2) is 2.77. The van der Waals surface area contributed by atoms with Crippen LogP contribution in [0.2, 0.25) is 0 Å². The fourth-order valence-electron chi connectivity index (χ4n) is 0. The largest absolute Gasteiger partial charge is 1.00 e. The van der Waals surface area contributed by atoms with Gasteiger partial charge in [-0.25, -0.2) is 0 Å². The van der Waals surface area contributed by atoms with Crippen molar-refractivity contribution in [1.29, 1.82) is 0 Å². The molecule has 0 heterocycles. The van der Waals surface area contributed by atoms with E-state index in [0.29, 0.717) is 0 Å². The maximum atomic E-state index is 9.87. The number of rotatable bonds is 0. The van der Waals surface area contributed by atoms with E-state index in [0.717, 1.165) is 0 Å². The van der Waals surface area contributed by atoms with Gasteiger partial charge < -0.3 is 0 Å². The Balaban J connectivity index is -0.000000149. The van der Waals surface area contributed by atoms with Crippen LogP contribution in [0.4, 0.5) is 25.2 Å². The number of halogens is 6. The summed E-state index contributed by atoms with van der Waals surface area (Å²) in [6.45, 7) is 6.00. The molecule has 0 aliphatic heterocycles. The molecule has 60 valence electrons. The summed E-state index contributed by atoms with van der Waals surface area (Å²) in [6.07, 6.45) is 0. The van der Waals surface area contributed by atoms with Crippen molar-refractivity contribution in [3.63, 3.8) is 0 Å². The smallest absolute Gasteiger partial charge is 1.00 e. The van der Waals surface area contributed by atoms with Crippen LogP contribution in [0.3, 0.4) is 0 Å². The minimum atomic E-state index is -10.7. The summed E-state index contributed by atoms with van der Waals surface area (Å²) < 4.78 is 59.2. The van der Waals surface area contributed by atoms with Gasteiger partial charge in [0.25, 0.3) is 0 Å². The molecule has 0 saturated heterocycles. The van der Waals surface area contributed by atoms with Gasteiger partial charge in [-0.1, -0.05) is 0 Å². The molecule has 0 saturated carbocycles. The summed E-state index contributed by atoms with van der Waals surface area (Å²) in [5.41, 5.74) is 0. The van der Waals surface area contributed by atoms with E-state index in [1.165, 1.54) is 0 Å². The van der Waals surface area contributed by atoms with Crippen LogP contribution in [0.5, 0.6) is 0 Å². The van der Waals surface area contributed by atoms with Crippen molar-refractivity contribution in [3.05, 3.63) is 13.2 Å². The summed E-state index contributed by atoms with van der Waals surface area (Å²) in [7, 11) is -10.7. The molecule has 0 aromatic rings. The fraction of sp³-hybridized carbons (Fsp3) is 0. The molecule has 0 atom stereocenters. The van der Waals surface area contributed by atoms with E-state index < -0.39 is 7.81 Å². The topological polar surface area (TPSA) is 0 Å². The van der Waals surface area contributed by atoms with Crippen molar-refractivity contribution in [2.45, 2.75) is 0 Å². The van der Waals surface area contributed by atoms with E-state index >= 15 is 0 Å². The molecule has 0 aromatic carbocycles. The average Bonchev–Trinajstić information content (AvgIpc) is 1.30. The molecular weight excluding hydrogens is 176 g/mol. The van der Waals surface area contributed by atoms with Crippen LogP contribution in [0, 0.1) is 0 Å². The summed E-state index contributed by atoms with van der Waals surface area (Å²) in [6, 6.07) is 0. The Labute approximate surface area is 65.7 Å². The van der Waals surface area contributed by atoms with Crippen molar-refractivity contribution in [1.82, 2.24) is 0 Å². The predicted octanol–water partition coefficient (Wildman–Crippen LogP) is 1.19. The number of hydrogen-bond donors (Lipinski definition) is 0. The van der Waals surface area contributed by atoms with Crippen molar-refractivity contribution in [2.75, 3.05) is 0 Å². The molecule has 0 nitrogen and oxygen atoms in total. The van der Waals surface area contributed by atoms with E-state index in [-0.39, 0.29) is 18.9 Å². The molecule has 0 aliphatic rings. The van der Waals surface area contributed by atoms with Crippen LogP contribution in [0.25, 0.3) is 0 Å². The second-order valence-electron chi connectivity index (χ2n) is 0.958. The maximum absolute atomic E-state index is 10.7. The Bertz CT molecular complexity index is 85.1. The van der Waals surface area contributed by atoms with Gasteiger partial charge in [0.15, 0.2) is 0 Å². The zero-order valence-electron chi connectivity index (χ0n) is 5.13. The zero-order valence-corrected chi connectivity index (χ0v) is 6.02. The number of hydrogen-bond acceptors (Lipinski definition) is 0. The molecule has 0 N–H and O–H groups in total. The average molecular weight is 180 g/mol. The molecule has 0 aliphatic carbocycles. The summed E-state index contributed by atoms with van der Waals surface area (Å²) in [5.74, 6) is 0. The van der Waals surface area contributed by atoms with E-state index in [9.17, 15) is 25.2 Å². The Kier molecular flexibility index (Phi) is 4.63. The van der Waals surface area contributed by atoms with Crippen LogP contribution in [0.1, 0.15) is 0 Å². The standard InChI is InChI=1S/C2H4.F6P.Li/c1-2;1-7(2,3,4,5)6;/h1-2H2;;/q;-1;+1. The Hall–Kier alpha value is 0.347. The third kappa shape index (κ3) is 3730. The van der Waals surface area contributed by atoms with E-state index in [1.807, 2.05) is 0 Å². The van der Waals surface area contributed by atoms with Gasteiger partial charge in [-0.3, -0.25) is 0 Å². The SMILES string of the molecule is C=C.F[P-](F)(F)(F)(F)F.[Li+]. The van der Waals surface area contributed by atoms with Crippen molar-refractivity contribution in [3.8, 4) is 0 Å². The van der Waals surface area contributed by atoms with Gasteiger partial charge in [0.2, 0.25) is 0 Å². The predicted molar refractivity (Wildman–Crippen MR) is 24.8 cm³/mol. The first-order valence-electron chi connectivity index (χ1n) is 1.51. The molecular formula is C2H4F6LiP. The van der Waals surface area contributed by atoms with Gasteiger partial charge in [-0.15, -0.1) is 13.2 Å². The molecule has 0 bridgehead atoms. The van der Waals surface area contributed by atoms with Crippen LogP contribution in [0.15, 0.2) is 13.2 Å². The first kappa shape index (κ1) is 16.7. The molecule has 0 radical (unpaired) electrons. The Morgan fingerprint density at radius 1 is 0.700 bits per heavy atom. The maximum Gasteiger partial charge on any atom is 1.00 e. The Morgan fingerprint density at radius 2 is 0.700 bits per heavy atom. The van der Waals surface area contributed by atoms with Crippen LogP contribution in [-0.4, -0.2) is 0 Å². The van der Waals surface area contributed by atoms with Gasteiger partial charge in [0.1, 0.15) is 0 Å². The van der Waals surface area contributed by atoms with Gasteiger partial charge >= 0.3 is 51.9 Å². The first-order valence-corrected chi connectivity index (χ1v) is 3.54. The fourth-order valence-corrected chi connectivity index (χ4v) is 0. The molecule has 0 rings (SSSR count). The minimum absolute atomic E-state index is 0. The molecule has 0 amide bonds. The zero-order chi connectivity index (χ0) is 8.41. The van der Waals surface area contributed by atoms with E-state index in [2.05, 4.69) is 13.2 Å². The monoisotopic (exact) mass is 180 g/mol. The van der Waals surface area contributed by atoms with Crippen molar-refractivity contribution < 1.29 is 44.0 Å². The summed E-state index contributed by atoms with van der Waals surface area (Å²) in [5, 5.41) is 0. The Morgan fingerprint density at radius 3 is 0.700 bits per heavy atom. The van der Waals surface area contributed by atoms with Crippen LogP contribution >= 0.6 is 7.81 Å². The van der Waals surface area contributed by atoms with Gasteiger partial charge in [-0.05, 0) is 0 Å². The van der Waals surface area contributed by atoms with E-state index in [1.54, 1.807) is 0 Å². The summed E-state index contributed by atoms with van der Waals surface area (Å²) >= 11 is 0. The molecule has 0 aromatic heterocycles. The van der Waals surface area contributed by atoms with Gasteiger partial charge in [0, 0.05) is 0 Å². The van der Waals surface area contributed by atoms with Crippen molar-refractivity contribution in [2.24, 2.45) is 0 Å². The molecule has 8 heteroatoms. The van der Waals surface area contributed by atoms with Gasteiger partial charge in [-0.2, -0.15) is 0 Å². The normalized spacial score (nSPS) is 16.6. The van der Waals surface area contributed by atoms with E-state index in [4.69, 9.17) is 0 Å². The third-order valence-electron chi connectivity index (χ3n) is 0.